The molecule has 2 amide bonds. The molecule has 2 saturated heterocycles. The van der Waals surface area contributed by atoms with Crippen molar-refractivity contribution in [2.45, 2.75) is 12.8 Å². The maximum absolute atomic E-state index is 13.1. The highest BCUT2D eigenvalue weighted by Gasteiger charge is 2.26. The van der Waals surface area contributed by atoms with Crippen molar-refractivity contribution >= 4 is 11.8 Å². The van der Waals surface area contributed by atoms with Gasteiger partial charge in [0.15, 0.2) is 0 Å². The molecule has 0 radical (unpaired) electrons. The van der Waals surface area contributed by atoms with Crippen molar-refractivity contribution in [1.82, 2.24) is 24.9 Å². The minimum atomic E-state index is -0.309. The molecule has 1 aromatic heterocycles. The van der Waals surface area contributed by atoms with E-state index in [1.165, 1.54) is 12.1 Å². The summed E-state index contributed by atoms with van der Waals surface area (Å²) in [5, 5.41) is 6.96. The van der Waals surface area contributed by atoms with Crippen LogP contribution in [0, 0.1) is 5.82 Å². The number of benzene rings is 1. The number of amides is 2. The smallest absolute Gasteiger partial charge is 0.271 e. The Balaban J connectivity index is 1.31. The molecule has 0 spiro atoms. The van der Waals surface area contributed by atoms with Crippen LogP contribution in [0.25, 0.3) is 11.3 Å². The van der Waals surface area contributed by atoms with Gasteiger partial charge in [0.2, 0.25) is 5.91 Å². The third kappa shape index (κ3) is 4.06. The number of aromatic nitrogens is 2. The number of likely N-dealkylation sites (tertiary alicyclic amines) is 1. The summed E-state index contributed by atoms with van der Waals surface area (Å²) in [5.74, 6) is -0.224. The van der Waals surface area contributed by atoms with Crippen molar-refractivity contribution in [3.63, 3.8) is 0 Å². The van der Waals surface area contributed by atoms with Crippen LogP contribution in [0.1, 0.15) is 23.3 Å². The molecule has 0 bridgehead atoms. The summed E-state index contributed by atoms with van der Waals surface area (Å²) in [6, 6.07) is 7.70. The van der Waals surface area contributed by atoms with Crippen LogP contribution in [0.5, 0.6) is 0 Å². The van der Waals surface area contributed by atoms with E-state index in [1.807, 2.05) is 4.90 Å². The number of carbonyl (C=O) groups is 2. The van der Waals surface area contributed by atoms with Gasteiger partial charge in [-0.25, -0.2) is 4.39 Å². The maximum atomic E-state index is 13.1. The molecule has 148 valence electrons. The van der Waals surface area contributed by atoms with E-state index in [0.29, 0.717) is 44.1 Å². The SMILES string of the molecule is O=C(CN1CCN(C(=O)c2cc(-c3ccc(F)cc3)n[nH]2)CC1)N1CCCC1. The Hall–Kier alpha value is -2.74. The van der Waals surface area contributed by atoms with E-state index in [2.05, 4.69) is 15.1 Å². The largest absolute Gasteiger partial charge is 0.342 e. The van der Waals surface area contributed by atoms with Gasteiger partial charge < -0.3 is 9.80 Å². The minimum absolute atomic E-state index is 0.105. The van der Waals surface area contributed by atoms with Gasteiger partial charge in [-0.15, -0.1) is 0 Å². The van der Waals surface area contributed by atoms with Crippen LogP contribution in [-0.2, 0) is 4.79 Å². The van der Waals surface area contributed by atoms with E-state index in [9.17, 15) is 14.0 Å². The van der Waals surface area contributed by atoms with Crippen LogP contribution in [0.3, 0.4) is 0 Å². The average Bonchev–Trinajstić information content (AvgIpc) is 3.41. The van der Waals surface area contributed by atoms with Crippen LogP contribution in [0.15, 0.2) is 30.3 Å². The molecule has 2 aliphatic rings. The lowest BCUT2D eigenvalue weighted by Gasteiger charge is -2.34. The summed E-state index contributed by atoms with van der Waals surface area (Å²) in [6.45, 7) is 4.70. The average molecular weight is 385 g/mol. The quantitative estimate of drug-likeness (QED) is 0.868. The zero-order chi connectivity index (χ0) is 19.5. The summed E-state index contributed by atoms with van der Waals surface area (Å²) in [7, 11) is 0. The number of piperazine rings is 1. The second-order valence-corrected chi connectivity index (χ2v) is 7.33. The van der Waals surface area contributed by atoms with Gasteiger partial charge in [0.05, 0.1) is 12.2 Å². The number of hydrogen-bond acceptors (Lipinski definition) is 4. The lowest BCUT2D eigenvalue weighted by atomic mass is 10.1. The minimum Gasteiger partial charge on any atom is -0.342 e. The van der Waals surface area contributed by atoms with E-state index in [4.69, 9.17) is 0 Å². The van der Waals surface area contributed by atoms with Gasteiger partial charge >= 0.3 is 0 Å². The van der Waals surface area contributed by atoms with Gasteiger partial charge in [-0.1, -0.05) is 0 Å². The van der Waals surface area contributed by atoms with Gasteiger partial charge in [0.25, 0.3) is 5.91 Å². The number of halogens is 1. The lowest BCUT2D eigenvalue weighted by Crippen LogP contribution is -2.51. The predicted molar refractivity (Wildman–Crippen MR) is 102 cm³/mol. The van der Waals surface area contributed by atoms with Crippen LogP contribution >= 0.6 is 0 Å². The van der Waals surface area contributed by atoms with Gasteiger partial charge in [-0.3, -0.25) is 19.6 Å². The molecule has 0 unspecified atom stereocenters. The predicted octanol–water partition coefficient (Wildman–Crippen LogP) is 1.60. The summed E-state index contributed by atoms with van der Waals surface area (Å²) in [6.07, 6.45) is 2.19. The van der Waals surface area contributed by atoms with Crippen LogP contribution < -0.4 is 0 Å². The number of nitrogens with one attached hydrogen (secondary N) is 1. The first-order valence-corrected chi connectivity index (χ1v) is 9.71. The van der Waals surface area contributed by atoms with Gasteiger partial charge in [-0.2, -0.15) is 5.10 Å². The van der Waals surface area contributed by atoms with E-state index < -0.39 is 0 Å². The number of H-pyrrole nitrogens is 1. The second kappa shape index (κ2) is 8.10. The maximum Gasteiger partial charge on any atom is 0.271 e. The Morgan fingerprint density at radius 2 is 1.64 bits per heavy atom. The first-order valence-electron chi connectivity index (χ1n) is 9.71. The van der Waals surface area contributed by atoms with Crippen molar-refractivity contribution in [3.05, 3.63) is 41.8 Å². The third-order valence-corrected chi connectivity index (χ3v) is 5.43. The summed E-state index contributed by atoms with van der Waals surface area (Å²) in [5.41, 5.74) is 1.78. The molecule has 28 heavy (non-hydrogen) atoms. The normalized spacial score (nSPS) is 17.9. The monoisotopic (exact) mass is 385 g/mol. The zero-order valence-electron chi connectivity index (χ0n) is 15.7. The Kier molecular flexibility index (Phi) is 5.38. The van der Waals surface area contributed by atoms with Crippen LogP contribution in [0.2, 0.25) is 0 Å². The molecule has 1 N–H and O–H groups in total. The molecule has 2 fully saturated rings. The topological polar surface area (TPSA) is 72.5 Å². The fourth-order valence-corrected chi connectivity index (χ4v) is 3.74. The molecule has 3 heterocycles. The van der Waals surface area contributed by atoms with Gasteiger partial charge in [-0.05, 0) is 43.2 Å². The Bertz CT molecular complexity index is 837. The molecule has 0 aliphatic carbocycles. The standard InChI is InChI=1S/C20H24FN5O2/c21-16-5-3-15(4-6-16)17-13-18(23-22-17)20(28)26-11-9-24(10-12-26)14-19(27)25-7-1-2-8-25/h3-6,13H,1-2,7-12,14H2,(H,22,23). The Morgan fingerprint density at radius 1 is 0.964 bits per heavy atom. The van der Waals surface area contributed by atoms with Crippen molar-refractivity contribution < 1.29 is 14.0 Å². The lowest BCUT2D eigenvalue weighted by molar-refractivity contribution is -0.131. The third-order valence-electron chi connectivity index (χ3n) is 5.43. The van der Waals surface area contributed by atoms with E-state index in [-0.39, 0.29) is 17.6 Å². The fourth-order valence-electron chi connectivity index (χ4n) is 3.74. The molecule has 2 aliphatic heterocycles. The molecule has 7 nitrogen and oxygen atoms in total. The summed E-state index contributed by atoms with van der Waals surface area (Å²) in [4.78, 5) is 30.8. The van der Waals surface area contributed by atoms with Gasteiger partial charge in [0, 0.05) is 44.8 Å². The highest BCUT2D eigenvalue weighted by atomic mass is 19.1. The number of nitrogens with zero attached hydrogens (tertiary/aromatic N) is 4. The number of rotatable bonds is 4. The number of carbonyl (C=O) groups excluding carboxylic acids is 2. The molecular formula is C20H24FN5O2. The molecule has 2 aromatic rings. The van der Waals surface area contributed by atoms with Crippen molar-refractivity contribution in [2.75, 3.05) is 45.8 Å². The van der Waals surface area contributed by atoms with Crippen molar-refractivity contribution in [3.8, 4) is 11.3 Å². The molecular weight excluding hydrogens is 361 g/mol. The highest BCUT2D eigenvalue weighted by Crippen LogP contribution is 2.19. The number of hydrogen-bond donors (Lipinski definition) is 1. The molecule has 4 rings (SSSR count). The molecule has 0 atom stereocenters. The Labute approximate surface area is 163 Å². The number of aromatic amines is 1. The first kappa shape index (κ1) is 18.6. The molecule has 8 heteroatoms. The van der Waals surface area contributed by atoms with E-state index >= 15 is 0 Å². The Morgan fingerprint density at radius 3 is 2.32 bits per heavy atom. The van der Waals surface area contributed by atoms with Crippen molar-refractivity contribution in [1.29, 1.82) is 0 Å². The van der Waals surface area contributed by atoms with Crippen molar-refractivity contribution in [2.24, 2.45) is 0 Å². The summed E-state index contributed by atoms with van der Waals surface area (Å²) >= 11 is 0. The van der Waals surface area contributed by atoms with Crippen LogP contribution in [-0.4, -0.2) is 82.5 Å². The molecule has 1 aromatic carbocycles. The van der Waals surface area contributed by atoms with E-state index in [1.54, 1.807) is 23.1 Å². The second-order valence-electron chi connectivity index (χ2n) is 7.33. The van der Waals surface area contributed by atoms with Gasteiger partial charge in [0.1, 0.15) is 11.5 Å². The zero-order valence-corrected chi connectivity index (χ0v) is 15.7. The van der Waals surface area contributed by atoms with Crippen LogP contribution in [0.4, 0.5) is 4.39 Å². The van der Waals surface area contributed by atoms with E-state index in [0.717, 1.165) is 31.5 Å². The first-order chi connectivity index (χ1) is 13.6. The highest BCUT2D eigenvalue weighted by molar-refractivity contribution is 5.93. The molecule has 0 saturated carbocycles. The summed E-state index contributed by atoms with van der Waals surface area (Å²) < 4.78 is 13.1. The fraction of sp³-hybridized carbons (Fsp3) is 0.450.